The summed E-state index contributed by atoms with van der Waals surface area (Å²) < 4.78 is 0. The third kappa shape index (κ3) is 2.65. The van der Waals surface area contributed by atoms with Gasteiger partial charge in [-0.25, -0.2) is 0 Å². The molecule has 96 valence electrons. The van der Waals surface area contributed by atoms with Crippen molar-refractivity contribution >= 4 is 11.8 Å². The van der Waals surface area contributed by atoms with Gasteiger partial charge in [0.25, 0.3) is 0 Å². The number of nitrogens with two attached hydrogens (primary N) is 1. The minimum absolute atomic E-state index is 0.0387. The van der Waals surface area contributed by atoms with E-state index >= 15 is 0 Å². The summed E-state index contributed by atoms with van der Waals surface area (Å²) in [6, 6.07) is 3.69. The predicted octanol–water partition coefficient (Wildman–Crippen LogP) is -0.659. The van der Waals surface area contributed by atoms with Gasteiger partial charge in [0, 0.05) is 26.3 Å². The summed E-state index contributed by atoms with van der Waals surface area (Å²) in [7, 11) is 1.64. The smallest absolute Gasteiger partial charge is 0.242 e. The number of likely N-dealkylation sites (N-methyl/N-ethyl adjacent to an activating group) is 1. The number of pyridine rings is 1. The highest BCUT2D eigenvalue weighted by atomic mass is 16.2. The van der Waals surface area contributed by atoms with Crippen LogP contribution in [0.3, 0.4) is 0 Å². The largest absolute Gasteiger partial charge is 0.335 e. The maximum atomic E-state index is 11.8. The predicted molar refractivity (Wildman–Crippen MR) is 65.2 cm³/mol. The zero-order valence-electron chi connectivity index (χ0n) is 10.3. The molecule has 18 heavy (non-hydrogen) atoms. The van der Waals surface area contributed by atoms with Crippen LogP contribution in [0.5, 0.6) is 0 Å². The molecule has 0 radical (unpaired) electrons. The molecule has 1 aliphatic heterocycles. The fourth-order valence-electron chi connectivity index (χ4n) is 1.87. The number of amides is 2. The molecule has 2 N–H and O–H groups in total. The molecule has 0 atom stereocenters. The summed E-state index contributed by atoms with van der Waals surface area (Å²) >= 11 is 0. The first-order valence-electron chi connectivity index (χ1n) is 5.75. The molecule has 0 spiro atoms. The van der Waals surface area contributed by atoms with Gasteiger partial charge in [-0.1, -0.05) is 0 Å². The molecule has 2 heterocycles. The number of piperazine rings is 1. The van der Waals surface area contributed by atoms with Crippen LogP contribution in [0.4, 0.5) is 0 Å². The molecule has 2 amide bonds. The van der Waals surface area contributed by atoms with Crippen molar-refractivity contribution in [2.24, 2.45) is 5.73 Å². The first-order chi connectivity index (χ1) is 8.60. The summed E-state index contributed by atoms with van der Waals surface area (Å²) in [5, 5.41) is 0. The lowest BCUT2D eigenvalue weighted by atomic mass is 10.2. The number of hydrogen-bond acceptors (Lipinski definition) is 4. The van der Waals surface area contributed by atoms with Gasteiger partial charge in [-0.3, -0.25) is 14.6 Å². The summed E-state index contributed by atoms with van der Waals surface area (Å²) in [6.07, 6.45) is 1.67. The summed E-state index contributed by atoms with van der Waals surface area (Å²) in [4.78, 5) is 30.5. The van der Waals surface area contributed by atoms with Crippen molar-refractivity contribution < 1.29 is 9.59 Å². The fourth-order valence-corrected chi connectivity index (χ4v) is 1.87. The molecule has 2 rings (SSSR count). The Morgan fingerprint density at radius 2 is 2.11 bits per heavy atom. The zero-order chi connectivity index (χ0) is 13.1. The van der Waals surface area contributed by atoms with E-state index in [1.807, 2.05) is 12.1 Å². The van der Waals surface area contributed by atoms with Gasteiger partial charge in [0.05, 0.1) is 12.2 Å². The molecular formula is C12H16N4O2. The van der Waals surface area contributed by atoms with Crippen molar-refractivity contribution in [2.45, 2.75) is 13.1 Å². The van der Waals surface area contributed by atoms with E-state index in [4.69, 9.17) is 5.73 Å². The average Bonchev–Trinajstić information content (AvgIpc) is 2.36. The Labute approximate surface area is 105 Å². The number of aromatic nitrogens is 1. The van der Waals surface area contributed by atoms with E-state index in [0.29, 0.717) is 13.1 Å². The average molecular weight is 248 g/mol. The quantitative estimate of drug-likeness (QED) is 0.770. The fraction of sp³-hybridized carbons (Fsp3) is 0.417. The Morgan fingerprint density at radius 3 is 2.83 bits per heavy atom. The van der Waals surface area contributed by atoms with Gasteiger partial charge in [0.15, 0.2) is 0 Å². The normalized spacial score (nSPS) is 16.3. The molecule has 0 bridgehead atoms. The first kappa shape index (κ1) is 12.5. The van der Waals surface area contributed by atoms with Crippen LogP contribution < -0.4 is 5.73 Å². The van der Waals surface area contributed by atoms with Crippen LogP contribution in [0.2, 0.25) is 0 Å². The van der Waals surface area contributed by atoms with Crippen LogP contribution in [0.15, 0.2) is 18.3 Å². The van der Waals surface area contributed by atoms with Gasteiger partial charge in [0.1, 0.15) is 6.54 Å². The molecule has 1 fully saturated rings. The van der Waals surface area contributed by atoms with Crippen LogP contribution in [0, 0.1) is 0 Å². The molecule has 0 aliphatic carbocycles. The van der Waals surface area contributed by atoms with Crippen molar-refractivity contribution in [2.75, 3.05) is 20.1 Å². The van der Waals surface area contributed by atoms with Crippen LogP contribution in [0.1, 0.15) is 11.3 Å². The molecule has 6 heteroatoms. The van der Waals surface area contributed by atoms with Crippen molar-refractivity contribution in [3.05, 3.63) is 29.6 Å². The molecule has 0 aromatic carbocycles. The second-order valence-electron chi connectivity index (χ2n) is 4.36. The Kier molecular flexibility index (Phi) is 3.57. The number of carbonyl (C=O) groups excluding carboxylic acids is 2. The first-order valence-corrected chi connectivity index (χ1v) is 5.75. The number of hydrogen-bond donors (Lipinski definition) is 1. The lowest BCUT2D eigenvalue weighted by Crippen LogP contribution is -2.51. The molecule has 6 nitrogen and oxygen atoms in total. The molecule has 0 unspecified atom stereocenters. The highest BCUT2D eigenvalue weighted by molar-refractivity contribution is 5.92. The SMILES string of the molecule is CN1CC(=O)N(Cc2ccnc(CN)c2)CC1=O. The lowest BCUT2D eigenvalue weighted by Gasteiger charge is -2.31. The standard InChI is InChI=1S/C12H16N4O2/c1-15-7-12(18)16(8-11(15)17)6-9-2-3-14-10(4-9)5-13/h2-4H,5-8,13H2,1H3. The van der Waals surface area contributed by atoms with Crippen molar-refractivity contribution in [1.29, 1.82) is 0 Å². The van der Waals surface area contributed by atoms with E-state index < -0.39 is 0 Å². The maximum Gasteiger partial charge on any atom is 0.242 e. The van der Waals surface area contributed by atoms with E-state index in [9.17, 15) is 9.59 Å². The Morgan fingerprint density at radius 1 is 1.33 bits per heavy atom. The Balaban J connectivity index is 2.08. The zero-order valence-corrected chi connectivity index (χ0v) is 10.3. The molecule has 0 saturated carbocycles. The van der Waals surface area contributed by atoms with Crippen molar-refractivity contribution in [3.8, 4) is 0 Å². The molecule has 1 aromatic heterocycles. The Hall–Kier alpha value is -1.95. The lowest BCUT2D eigenvalue weighted by molar-refractivity contribution is -0.149. The summed E-state index contributed by atoms with van der Waals surface area (Å²) in [5.74, 6) is -0.0779. The molecule has 1 aromatic rings. The van der Waals surface area contributed by atoms with Gasteiger partial charge >= 0.3 is 0 Å². The van der Waals surface area contributed by atoms with Gasteiger partial charge in [0.2, 0.25) is 11.8 Å². The minimum Gasteiger partial charge on any atom is -0.335 e. The Bertz CT molecular complexity index is 475. The second-order valence-corrected chi connectivity index (χ2v) is 4.36. The third-order valence-electron chi connectivity index (χ3n) is 2.94. The van der Waals surface area contributed by atoms with Gasteiger partial charge in [-0.2, -0.15) is 0 Å². The van der Waals surface area contributed by atoms with Gasteiger partial charge < -0.3 is 15.5 Å². The van der Waals surface area contributed by atoms with E-state index in [0.717, 1.165) is 11.3 Å². The van der Waals surface area contributed by atoms with E-state index in [-0.39, 0.29) is 24.9 Å². The highest BCUT2D eigenvalue weighted by Gasteiger charge is 2.27. The highest BCUT2D eigenvalue weighted by Crippen LogP contribution is 2.10. The minimum atomic E-state index is -0.0392. The number of rotatable bonds is 3. The van der Waals surface area contributed by atoms with E-state index in [1.54, 1.807) is 18.1 Å². The summed E-state index contributed by atoms with van der Waals surface area (Å²) in [5.41, 5.74) is 7.23. The van der Waals surface area contributed by atoms with Crippen LogP contribution in [-0.2, 0) is 22.7 Å². The second kappa shape index (κ2) is 5.14. The van der Waals surface area contributed by atoms with E-state index in [2.05, 4.69) is 4.98 Å². The number of carbonyl (C=O) groups is 2. The van der Waals surface area contributed by atoms with Crippen LogP contribution >= 0.6 is 0 Å². The topological polar surface area (TPSA) is 79.5 Å². The van der Waals surface area contributed by atoms with Crippen LogP contribution in [0.25, 0.3) is 0 Å². The molecular weight excluding hydrogens is 232 g/mol. The molecule has 1 saturated heterocycles. The third-order valence-corrected chi connectivity index (χ3v) is 2.94. The van der Waals surface area contributed by atoms with E-state index in [1.165, 1.54) is 4.90 Å². The monoisotopic (exact) mass is 248 g/mol. The van der Waals surface area contributed by atoms with Gasteiger partial charge in [-0.15, -0.1) is 0 Å². The van der Waals surface area contributed by atoms with Crippen molar-refractivity contribution in [1.82, 2.24) is 14.8 Å². The van der Waals surface area contributed by atoms with Gasteiger partial charge in [-0.05, 0) is 17.7 Å². The summed E-state index contributed by atoms with van der Waals surface area (Å²) in [6.45, 7) is 1.07. The molecule has 1 aliphatic rings. The van der Waals surface area contributed by atoms with Crippen LogP contribution in [-0.4, -0.2) is 46.7 Å². The maximum absolute atomic E-state index is 11.8. The number of nitrogens with zero attached hydrogens (tertiary/aromatic N) is 3. The van der Waals surface area contributed by atoms with Crippen molar-refractivity contribution in [3.63, 3.8) is 0 Å².